The zero-order valence-electron chi connectivity index (χ0n) is 16.6. The number of aromatic nitrogens is 3. The molecule has 2 aliphatic heterocycles. The molecule has 1 fully saturated rings. The summed E-state index contributed by atoms with van der Waals surface area (Å²) >= 11 is 6.32. The first-order valence-corrected chi connectivity index (χ1v) is 10.3. The summed E-state index contributed by atoms with van der Waals surface area (Å²) in [6.45, 7) is 2.29. The molecule has 0 spiro atoms. The highest BCUT2D eigenvalue weighted by molar-refractivity contribution is 6.33. The number of fused-ring (bicyclic) bond motifs is 1. The molecule has 1 unspecified atom stereocenters. The Morgan fingerprint density at radius 1 is 1.10 bits per heavy atom. The Morgan fingerprint density at radius 2 is 1.94 bits per heavy atom. The molecule has 3 amide bonds. The summed E-state index contributed by atoms with van der Waals surface area (Å²) in [6, 6.07) is 10.5. The van der Waals surface area contributed by atoms with Crippen LogP contribution in [-0.4, -0.2) is 43.7 Å². The normalized spacial score (nSPS) is 18.3. The Balaban J connectivity index is 1.42. The highest BCUT2D eigenvalue weighted by Crippen LogP contribution is 2.30. The fourth-order valence-electron chi connectivity index (χ4n) is 4.05. The molecular formula is C22H18ClN5O3. The molecule has 1 atom stereocenters. The minimum atomic E-state index is -0.637. The smallest absolute Gasteiger partial charge is 0.255 e. The summed E-state index contributed by atoms with van der Waals surface area (Å²) in [6.07, 6.45) is 2.35. The van der Waals surface area contributed by atoms with Gasteiger partial charge in [0.25, 0.3) is 5.91 Å². The molecular weight excluding hydrogens is 418 g/mol. The number of carbonyl (C=O) groups excluding carboxylic acids is 3. The zero-order chi connectivity index (χ0) is 21.7. The Bertz CT molecular complexity index is 1250. The van der Waals surface area contributed by atoms with Crippen molar-refractivity contribution < 1.29 is 14.4 Å². The van der Waals surface area contributed by atoms with Gasteiger partial charge in [-0.15, -0.1) is 5.10 Å². The number of piperidine rings is 1. The lowest BCUT2D eigenvalue weighted by molar-refractivity contribution is -0.136. The topological polar surface area (TPSA) is 97.2 Å². The first kappa shape index (κ1) is 19.4. The van der Waals surface area contributed by atoms with Gasteiger partial charge in [-0.3, -0.25) is 19.7 Å². The Labute approximate surface area is 182 Å². The summed E-state index contributed by atoms with van der Waals surface area (Å²) in [5.41, 5.74) is 4.62. The molecule has 156 valence electrons. The van der Waals surface area contributed by atoms with E-state index in [-0.39, 0.29) is 18.2 Å². The molecule has 1 N–H and O–H groups in total. The molecule has 1 aromatic heterocycles. The lowest BCUT2D eigenvalue weighted by Gasteiger charge is -2.29. The van der Waals surface area contributed by atoms with Gasteiger partial charge in [-0.25, -0.2) is 4.68 Å². The SMILES string of the molecule is Cc1ccc(Cl)c(-c2cn(-c3ccc4c(c3)CN(C3CCC(=O)NC3=O)C4=O)nn2)c1. The first-order valence-electron chi connectivity index (χ1n) is 9.87. The summed E-state index contributed by atoms with van der Waals surface area (Å²) in [7, 11) is 0. The van der Waals surface area contributed by atoms with Gasteiger partial charge in [0.2, 0.25) is 11.8 Å². The summed E-state index contributed by atoms with van der Waals surface area (Å²) in [5, 5.41) is 11.4. The van der Waals surface area contributed by atoms with Gasteiger partial charge in [0, 0.05) is 24.1 Å². The largest absolute Gasteiger partial charge is 0.322 e. The van der Waals surface area contributed by atoms with Crippen LogP contribution in [0.4, 0.5) is 0 Å². The van der Waals surface area contributed by atoms with E-state index in [1.807, 2.05) is 31.2 Å². The fourth-order valence-corrected chi connectivity index (χ4v) is 4.27. The van der Waals surface area contributed by atoms with Crippen molar-refractivity contribution in [3.05, 3.63) is 64.3 Å². The maximum atomic E-state index is 12.8. The van der Waals surface area contributed by atoms with Gasteiger partial charge in [0.1, 0.15) is 11.7 Å². The molecule has 31 heavy (non-hydrogen) atoms. The van der Waals surface area contributed by atoms with Crippen molar-refractivity contribution >= 4 is 29.3 Å². The number of hydrogen-bond donors (Lipinski definition) is 1. The Kier molecular flexibility index (Phi) is 4.59. The van der Waals surface area contributed by atoms with Crippen molar-refractivity contribution in [3.63, 3.8) is 0 Å². The van der Waals surface area contributed by atoms with Crippen molar-refractivity contribution in [2.24, 2.45) is 0 Å². The van der Waals surface area contributed by atoms with Crippen molar-refractivity contribution in [2.75, 3.05) is 0 Å². The van der Waals surface area contributed by atoms with Gasteiger partial charge in [-0.05, 0) is 49.2 Å². The molecule has 0 bridgehead atoms. The van der Waals surface area contributed by atoms with E-state index in [1.54, 1.807) is 23.0 Å². The minimum Gasteiger partial charge on any atom is -0.322 e. The molecule has 0 aliphatic carbocycles. The second-order valence-electron chi connectivity index (χ2n) is 7.77. The predicted molar refractivity (Wildman–Crippen MR) is 113 cm³/mol. The van der Waals surface area contributed by atoms with Gasteiger partial charge < -0.3 is 4.90 Å². The van der Waals surface area contributed by atoms with Crippen LogP contribution in [-0.2, 0) is 16.1 Å². The van der Waals surface area contributed by atoms with E-state index in [4.69, 9.17) is 11.6 Å². The van der Waals surface area contributed by atoms with Gasteiger partial charge in [-0.2, -0.15) is 0 Å². The second-order valence-corrected chi connectivity index (χ2v) is 8.18. The average molecular weight is 436 g/mol. The molecule has 2 aromatic carbocycles. The predicted octanol–water partition coefficient (Wildman–Crippen LogP) is 2.66. The third kappa shape index (κ3) is 3.38. The Morgan fingerprint density at radius 3 is 2.74 bits per heavy atom. The van der Waals surface area contributed by atoms with Gasteiger partial charge in [0.05, 0.1) is 16.9 Å². The van der Waals surface area contributed by atoms with Gasteiger partial charge >= 0.3 is 0 Å². The maximum Gasteiger partial charge on any atom is 0.255 e. The number of amides is 3. The molecule has 1 saturated heterocycles. The number of nitrogens with zero attached hydrogens (tertiary/aromatic N) is 4. The Hall–Kier alpha value is -3.52. The van der Waals surface area contributed by atoms with Gasteiger partial charge in [-0.1, -0.05) is 28.4 Å². The second kappa shape index (κ2) is 7.31. The van der Waals surface area contributed by atoms with E-state index in [1.165, 1.54) is 4.90 Å². The van der Waals surface area contributed by atoms with E-state index < -0.39 is 11.9 Å². The number of halogens is 1. The third-order valence-electron chi connectivity index (χ3n) is 5.66. The van der Waals surface area contributed by atoms with Crippen molar-refractivity contribution in [3.8, 4) is 16.9 Å². The van der Waals surface area contributed by atoms with Crippen molar-refractivity contribution in [2.45, 2.75) is 32.4 Å². The molecule has 3 aromatic rings. The van der Waals surface area contributed by atoms with Crippen LogP contribution in [0.15, 0.2) is 42.6 Å². The molecule has 9 heteroatoms. The third-order valence-corrected chi connectivity index (χ3v) is 5.99. The number of benzene rings is 2. The highest BCUT2D eigenvalue weighted by Gasteiger charge is 2.39. The number of imide groups is 1. The molecule has 2 aliphatic rings. The summed E-state index contributed by atoms with van der Waals surface area (Å²) in [4.78, 5) is 38.0. The molecule has 8 nitrogen and oxygen atoms in total. The molecule has 5 rings (SSSR count). The zero-order valence-corrected chi connectivity index (χ0v) is 17.4. The van der Waals surface area contributed by atoms with E-state index >= 15 is 0 Å². The summed E-state index contributed by atoms with van der Waals surface area (Å²) in [5.74, 6) is -0.932. The van der Waals surface area contributed by atoms with Crippen LogP contribution in [0, 0.1) is 6.92 Å². The lowest BCUT2D eigenvalue weighted by Crippen LogP contribution is -2.52. The quantitative estimate of drug-likeness (QED) is 0.638. The summed E-state index contributed by atoms with van der Waals surface area (Å²) < 4.78 is 1.63. The average Bonchev–Trinajstić information content (AvgIpc) is 3.35. The van der Waals surface area contributed by atoms with Crippen LogP contribution in [0.1, 0.15) is 34.3 Å². The van der Waals surface area contributed by atoms with E-state index in [0.29, 0.717) is 29.2 Å². The van der Waals surface area contributed by atoms with Crippen molar-refractivity contribution in [1.29, 1.82) is 0 Å². The van der Waals surface area contributed by atoms with E-state index in [9.17, 15) is 14.4 Å². The van der Waals surface area contributed by atoms with Crippen LogP contribution in [0.2, 0.25) is 5.02 Å². The monoisotopic (exact) mass is 435 g/mol. The fraction of sp³-hybridized carbons (Fsp3) is 0.227. The lowest BCUT2D eigenvalue weighted by atomic mass is 10.0. The van der Waals surface area contributed by atoms with Crippen molar-refractivity contribution in [1.82, 2.24) is 25.2 Å². The number of nitrogens with one attached hydrogen (secondary N) is 1. The molecule has 3 heterocycles. The first-order chi connectivity index (χ1) is 14.9. The number of aryl methyl sites for hydroxylation is 1. The standard InChI is InChI=1S/C22H18ClN5O3/c1-12-2-5-17(23)16(8-12)18-11-28(26-25-18)14-3-4-15-13(9-14)10-27(22(15)31)19-6-7-20(29)24-21(19)30/h2-5,8-9,11,19H,6-7,10H2,1H3,(H,24,29,30). The van der Waals surface area contributed by atoms with Crippen LogP contribution in [0.3, 0.4) is 0 Å². The van der Waals surface area contributed by atoms with Crippen LogP contribution < -0.4 is 5.32 Å². The van der Waals surface area contributed by atoms with Gasteiger partial charge in [0.15, 0.2) is 0 Å². The number of carbonyl (C=O) groups is 3. The molecule has 0 saturated carbocycles. The van der Waals surface area contributed by atoms with Crippen LogP contribution in [0.25, 0.3) is 16.9 Å². The van der Waals surface area contributed by atoms with E-state index in [0.717, 1.165) is 22.4 Å². The molecule has 0 radical (unpaired) electrons. The highest BCUT2D eigenvalue weighted by atomic mass is 35.5. The number of hydrogen-bond acceptors (Lipinski definition) is 5. The maximum absolute atomic E-state index is 12.8. The number of rotatable bonds is 3. The van der Waals surface area contributed by atoms with Crippen LogP contribution in [0.5, 0.6) is 0 Å². The van der Waals surface area contributed by atoms with Crippen LogP contribution >= 0.6 is 11.6 Å². The minimum absolute atomic E-state index is 0.207. The van der Waals surface area contributed by atoms with E-state index in [2.05, 4.69) is 15.6 Å².